The number of aromatic nitrogens is 1. The number of rotatable bonds is 4. The number of fused-ring (bicyclic) bond motifs is 1. The van der Waals surface area contributed by atoms with Crippen LogP contribution in [0.4, 0.5) is 0 Å². The van der Waals surface area contributed by atoms with Crippen molar-refractivity contribution in [2.24, 2.45) is 0 Å². The van der Waals surface area contributed by atoms with Gasteiger partial charge in [-0.15, -0.1) is 11.3 Å². The molecule has 4 rings (SSSR count). The van der Waals surface area contributed by atoms with Gasteiger partial charge in [0.05, 0.1) is 17.1 Å². The summed E-state index contributed by atoms with van der Waals surface area (Å²) in [5.74, 6) is 2.15. The summed E-state index contributed by atoms with van der Waals surface area (Å²) >= 11 is 1.52. The fourth-order valence-corrected chi connectivity index (χ4v) is 3.69. The maximum atomic E-state index is 12.6. The van der Waals surface area contributed by atoms with Gasteiger partial charge in [-0.05, 0) is 31.2 Å². The largest absolute Gasteiger partial charge is 0.484 e. The molecule has 0 unspecified atom stereocenters. The third-order valence-corrected chi connectivity index (χ3v) is 5.11. The van der Waals surface area contributed by atoms with E-state index in [0.717, 1.165) is 27.0 Å². The summed E-state index contributed by atoms with van der Waals surface area (Å²) in [6, 6.07) is 13.4. The van der Waals surface area contributed by atoms with Crippen LogP contribution in [-0.4, -0.2) is 22.3 Å². The second-order valence-corrected chi connectivity index (χ2v) is 7.25. The molecular formula is C19H18N2O3S. The fourth-order valence-electron chi connectivity index (χ4n) is 2.85. The van der Waals surface area contributed by atoms with Gasteiger partial charge in [0.2, 0.25) is 5.89 Å². The van der Waals surface area contributed by atoms with Crippen molar-refractivity contribution in [3.8, 4) is 5.75 Å². The monoisotopic (exact) mass is 354 g/mol. The van der Waals surface area contributed by atoms with Crippen molar-refractivity contribution in [3.05, 3.63) is 69.6 Å². The number of carbonyl (C=O) groups excluding carboxylic acids is 1. The molecule has 1 aromatic carbocycles. The van der Waals surface area contributed by atoms with Crippen molar-refractivity contribution >= 4 is 17.2 Å². The number of aryl methyl sites for hydroxylation is 1. The van der Waals surface area contributed by atoms with Crippen LogP contribution in [0.25, 0.3) is 0 Å². The minimum Gasteiger partial charge on any atom is -0.484 e. The molecule has 25 heavy (non-hydrogen) atoms. The molecule has 0 aliphatic carbocycles. The number of benzene rings is 1. The van der Waals surface area contributed by atoms with Gasteiger partial charge in [-0.3, -0.25) is 4.79 Å². The average Bonchev–Trinajstić information content (AvgIpc) is 3.25. The number of ether oxygens (including phenoxy) is 1. The highest BCUT2D eigenvalue weighted by Crippen LogP contribution is 2.24. The SMILES string of the molecule is Cc1ccc(C(=O)N2CCc3nc(COc4ccccc4)oc3C2)s1. The zero-order valence-electron chi connectivity index (χ0n) is 13.9. The molecule has 0 saturated heterocycles. The van der Waals surface area contributed by atoms with Gasteiger partial charge < -0.3 is 14.1 Å². The number of oxazole rings is 1. The molecule has 3 aromatic rings. The number of para-hydroxylation sites is 1. The first kappa shape index (κ1) is 15.9. The van der Waals surface area contributed by atoms with Gasteiger partial charge >= 0.3 is 0 Å². The molecule has 1 aliphatic rings. The lowest BCUT2D eigenvalue weighted by molar-refractivity contribution is 0.0723. The first-order valence-corrected chi connectivity index (χ1v) is 9.02. The summed E-state index contributed by atoms with van der Waals surface area (Å²) in [5.41, 5.74) is 0.929. The molecule has 128 valence electrons. The molecule has 0 spiro atoms. The van der Waals surface area contributed by atoms with Crippen LogP contribution in [0.3, 0.4) is 0 Å². The van der Waals surface area contributed by atoms with Crippen LogP contribution in [0.15, 0.2) is 46.9 Å². The van der Waals surface area contributed by atoms with E-state index in [-0.39, 0.29) is 12.5 Å². The van der Waals surface area contributed by atoms with Crippen molar-refractivity contribution in [3.63, 3.8) is 0 Å². The maximum Gasteiger partial charge on any atom is 0.264 e. The summed E-state index contributed by atoms with van der Waals surface area (Å²) in [5, 5.41) is 0. The topological polar surface area (TPSA) is 55.6 Å². The zero-order chi connectivity index (χ0) is 17.2. The Labute approximate surface area is 149 Å². The summed E-state index contributed by atoms with van der Waals surface area (Å²) in [7, 11) is 0. The first-order valence-electron chi connectivity index (χ1n) is 8.20. The van der Waals surface area contributed by atoms with Gasteiger partial charge in [-0.25, -0.2) is 4.98 Å². The quantitative estimate of drug-likeness (QED) is 0.715. The predicted octanol–water partition coefficient (Wildman–Crippen LogP) is 3.82. The Hall–Kier alpha value is -2.60. The summed E-state index contributed by atoms with van der Waals surface area (Å²) < 4.78 is 11.5. The number of carbonyl (C=O) groups is 1. The molecule has 1 aliphatic heterocycles. The molecule has 0 bridgehead atoms. The molecule has 0 fully saturated rings. The van der Waals surface area contributed by atoms with E-state index in [1.807, 2.05) is 54.3 Å². The van der Waals surface area contributed by atoms with Gasteiger partial charge in [0.1, 0.15) is 11.5 Å². The lowest BCUT2D eigenvalue weighted by Gasteiger charge is -2.24. The van der Waals surface area contributed by atoms with E-state index in [1.54, 1.807) is 0 Å². The van der Waals surface area contributed by atoms with Crippen molar-refractivity contribution in [2.45, 2.75) is 26.5 Å². The molecule has 2 aromatic heterocycles. The normalized spacial score (nSPS) is 13.6. The number of amides is 1. The van der Waals surface area contributed by atoms with Crippen LogP contribution in [0, 0.1) is 6.92 Å². The number of thiophene rings is 1. The van der Waals surface area contributed by atoms with E-state index in [0.29, 0.717) is 25.4 Å². The molecule has 6 heteroatoms. The lowest BCUT2D eigenvalue weighted by atomic mass is 10.1. The Bertz CT molecular complexity index is 885. The molecule has 3 heterocycles. The predicted molar refractivity (Wildman–Crippen MR) is 94.8 cm³/mol. The van der Waals surface area contributed by atoms with E-state index in [4.69, 9.17) is 9.15 Å². The fraction of sp³-hybridized carbons (Fsp3) is 0.263. The van der Waals surface area contributed by atoms with E-state index in [9.17, 15) is 4.79 Å². The zero-order valence-corrected chi connectivity index (χ0v) is 14.7. The Morgan fingerprint density at radius 1 is 1.28 bits per heavy atom. The Kier molecular flexibility index (Phi) is 4.28. The minimum absolute atomic E-state index is 0.0576. The molecule has 0 N–H and O–H groups in total. The Morgan fingerprint density at radius 2 is 2.12 bits per heavy atom. The smallest absolute Gasteiger partial charge is 0.264 e. The third-order valence-electron chi connectivity index (χ3n) is 4.12. The van der Waals surface area contributed by atoms with Crippen LogP contribution in [0.1, 0.15) is 31.9 Å². The number of hydrogen-bond acceptors (Lipinski definition) is 5. The second kappa shape index (κ2) is 6.72. The molecule has 0 atom stereocenters. The van der Waals surface area contributed by atoms with Crippen LogP contribution in [-0.2, 0) is 19.6 Å². The second-order valence-electron chi connectivity index (χ2n) is 5.97. The van der Waals surface area contributed by atoms with E-state index in [1.165, 1.54) is 11.3 Å². The number of nitrogens with zero attached hydrogens (tertiary/aromatic N) is 2. The number of hydrogen-bond donors (Lipinski definition) is 0. The van der Waals surface area contributed by atoms with Gasteiger partial charge in [-0.1, -0.05) is 18.2 Å². The van der Waals surface area contributed by atoms with Gasteiger partial charge in [0.15, 0.2) is 6.61 Å². The van der Waals surface area contributed by atoms with Gasteiger partial charge in [0.25, 0.3) is 5.91 Å². The van der Waals surface area contributed by atoms with E-state index < -0.39 is 0 Å². The third kappa shape index (κ3) is 3.44. The van der Waals surface area contributed by atoms with Crippen LogP contribution in [0.5, 0.6) is 5.75 Å². The maximum absolute atomic E-state index is 12.6. The molecule has 0 saturated carbocycles. The van der Waals surface area contributed by atoms with Crippen molar-refractivity contribution in [1.29, 1.82) is 0 Å². The van der Waals surface area contributed by atoms with Crippen molar-refractivity contribution in [2.75, 3.05) is 6.54 Å². The van der Waals surface area contributed by atoms with E-state index >= 15 is 0 Å². The Balaban J connectivity index is 1.43. The van der Waals surface area contributed by atoms with E-state index in [2.05, 4.69) is 4.98 Å². The Morgan fingerprint density at radius 3 is 2.88 bits per heavy atom. The minimum atomic E-state index is 0.0576. The van der Waals surface area contributed by atoms with Gasteiger partial charge in [0, 0.05) is 17.8 Å². The molecule has 1 amide bonds. The molecule has 5 nitrogen and oxygen atoms in total. The lowest BCUT2D eigenvalue weighted by Crippen LogP contribution is -2.35. The molecule has 0 radical (unpaired) electrons. The van der Waals surface area contributed by atoms with Crippen molar-refractivity contribution in [1.82, 2.24) is 9.88 Å². The van der Waals surface area contributed by atoms with Crippen molar-refractivity contribution < 1.29 is 13.9 Å². The highest BCUT2D eigenvalue weighted by atomic mass is 32.1. The average molecular weight is 354 g/mol. The van der Waals surface area contributed by atoms with Gasteiger partial charge in [-0.2, -0.15) is 0 Å². The highest BCUT2D eigenvalue weighted by molar-refractivity contribution is 7.13. The summed E-state index contributed by atoms with van der Waals surface area (Å²) in [4.78, 5) is 20.8. The van der Waals surface area contributed by atoms with Crippen LogP contribution >= 0.6 is 11.3 Å². The van der Waals surface area contributed by atoms with Crippen LogP contribution < -0.4 is 4.74 Å². The standard InChI is InChI=1S/C19H18N2O3S/c1-13-7-8-17(25-13)19(22)21-10-9-15-16(11-21)24-18(20-15)12-23-14-5-3-2-4-6-14/h2-8H,9-12H2,1H3. The first-order chi connectivity index (χ1) is 12.2. The highest BCUT2D eigenvalue weighted by Gasteiger charge is 2.26. The summed E-state index contributed by atoms with van der Waals surface area (Å²) in [6.07, 6.45) is 0.709. The summed E-state index contributed by atoms with van der Waals surface area (Å²) in [6.45, 7) is 3.41. The van der Waals surface area contributed by atoms with Crippen LogP contribution in [0.2, 0.25) is 0 Å². The molecular weight excluding hydrogens is 336 g/mol.